The molecule has 0 atom stereocenters. The average molecular weight is 212 g/mol. The molecule has 1 aromatic heterocycles. The van der Waals surface area contributed by atoms with Crippen LogP contribution in [0, 0.1) is 0 Å². The molecule has 0 unspecified atom stereocenters. The number of hydrogen-bond donors (Lipinski definition) is 3. The third-order valence-corrected chi connectivity index (χ3v) is 2.05. The minimum atomic E-state index is -3.57. The lowest BCUT2D eigenvalue weighted by Gasteiger charge is -2.21. The van der Waals surface area contributed by atoms with Crippen LogP contribution in [0.3, 0.4) is 0 Å². The summed E-state index contributed by atoms with van der Waals surface area (Å²) in [7, 11) is 0. The van der Waals surface area contributed by atoms with Crippen LogP contribution in [0.15, 0.2) is 18.2 Å². The predicted molar refractivity (Wildman–Crippen MR) is 50.9 cm³/mol. The van der Waals surface area contributed by atoms with Crippen LogP contribution in [0.25, 0.3) is 0 Å². The molecule has 15 heavy (non-hydrogen) atoms. The Kier molecular flexibility index (Phi) is 2.72. The molecule has 0 saturated carbocycles. The fourth-order valence-corrected chi connectivity index (χ4v) is 1.35. The molecule has 2 rings (SSSR count). The van der Waals surface area contributed by atoms with Crippen LogP contribution >= 0.6 is 0 Å². The van der Waals surface area contributed by atoms with Gasteiger partial charge in [-0.2, -0.15) is 0 Å². The first-order valence-corrected chi connectivity index (χ1v) is 4.59. The Morgan fingerprint density at radius 1 is 1.20 bits per heavy atom. The van der Waals surface area contributed by atoms with E-state index >= 15 is 0 Å². The molecule has 1 aliphatic rings. The van der Waals surface area contributed by atoms with E-state index in [1.165, 1.54) is 6.07 Å². The molecule has 2 heterocycles. The SMILES string of the molecule is O[B-](O)(O)c1cccc(C2OCCO2)n1. The molecule has 1 fully saturated rings. The van der Waals surface area contributed by atoms with E-state index in [1.807, 2.05) is 0 Å². The quantitative estimate of drug-likeness (QED) is 0.503. The van der Waals surface area contributed by atoms with E-state index < -0.39 is 13.0 Å². The Hall–Kier alpha value is -0.985. The molecule has 0 spiro atoms. The summed E-state index contributed by atoms with van der Waals surface area (Å²) < 4.78 is 10.4. The van der Waals surface area contributed by atoms with Crippen molar-refractivity contribution in [3.05, 3.63) is 23.9 Å². The normalized spacial score (nSPS) is 18.3. The van der Waals surface area contributed by atoms with E-state index in [4.69, 9.17) is 24.5 Å². The lowest BCUT2D eigenvalue weighted by Crippen LogP contribution is -2.50. The summed E-state index contributed by atoms with van der Waals surface area (Å²) in [6.07, 6.45) is -0.594. The van der Waals surface area contributed by atoms with E-state index in [0.717, 1.165) is 0 Å². The fourth-order valence-electron chi connectivity index (χ4n) is 1.35. The molecule has 3 N–H and O–H groups in total. The number of aromatic nitrogens is 1. The van der Waals surface area contributed by atoms with Gasteiger partial charge in [0.25, 0.3) is 0 Å². The van der Waals surface area contributed by atoms with Crippen LogP contribution in [0.4, 0.5) is 0 Å². The van der Waals surface area contributed by atoms with Crippen LogP contribution in [0.2, 0.25) is 0 Å². The molecule has 1 aromatic rings. The van der Waals surface area contributed by atoms with Crippen molar-refractivity contribution in [2.75, 3.05) is 13.2 Å². The maximum atomic E-state index is 8.99. The van der Waals surface area contributed by atoms with Crippen molar-refractivity contribution in [3.8, 4) is 0 Å². The number of rotatable bonds is 2. The fraction of sp³-hybridized carbons (Fsp3) is 0.375. The van der Waals surface area contributed by atoms with Crippen LogP contribution < -0.4 is 5.59 Å². The van der Waals surface area contributed by atoms with Gasteiger partial charge in [0.2, 0.25) is 6.29 Å². The summed E-state index contributed by atoms with van der Waals surface area (Å²) >= 11 is 0. The lowest BCUT2D eigenvalue weighted by molar-refractivity contribution is -0.0471. The molecule has 1 saturated heterocycles. The number of nitrogens with zero attached hydrogens (tertiary/aromatic N) is 1. The Morgan fingerprint density at radius 3 is 2.47 bits per heavy atom. The topological polar surface area (TPSA) is 92.0 Å². The van der Waals surface area contributed by atoms with E-state index in [-0.39, 0.29) is 5.59 Å². The maximum absolute atomic E-state index is 8.99. The average Bonchev–Trinajstić information content (AvgIpc) is 2.69. The van der Waals surface area contributed by atoms with Crippen molar-refractivity contribution in [1.29, 1.82) is 0 Å². The van der Waals surface area contributed by atoms with Crippen LogP contribution in [0.5, 0.6) is 0 Å². The lowest BCUT2D eigenvalue weighted by atomic mass is 9.75. The Morgan fingerprint density at radius 2 is 1.87 bits per heavy atom. The van der Waals surface area contributed by atoms with Crippen molar-refractivity contribution >= 4 is 12.3 Å². The molecule has 0 aromatic carbocycles. The van der Waals surface area contributed by atoms with Gasteiger partial charge in [0.15, 0.2) is 0 Å². The number of hydrogen-bond acceptors (Lipinski definition) is 6. The Labute approximate surface area is 86.1 Å². The first-order valence-electron chi connectivity index (χ1n) is 4.59. The summed E-state index contributed by atoms with van der Waals surface area (Å²) in [5, 5.41) is 27.0. The molecule has 7 heteroatoms. The minimum absolute atomic E-state index is 0.202. The molecule has 0 radical (unpaired) electrons. The van der Waals surface area contributed by atoms with Gasteiger partial charge in [0.1, 0.15) is 0 Å². The number of ether oxygens (including phenoxy) is 2. The van der Waals surface area contributed by atoms with Crippen molar-refractivity contribution < 1.29 is 24.5 Å². The molecule has 0 bridgehead atoms. The maximum Gasteiger partial charge on any atom is 0.420 e. The highest BCUT2D eigenvalue weighted by atomic mass is 16.7. The second-order valence-electron chi connectivity index (χ2n) is 3.29. The van der Waals surface area contributed by atoms with Crippen LogP contribution in [0.1, 0.15) is 12.0 Å². The van der Waals surface area contributed by atoms with Gasteiger partial charge < -0.3 is 24.5 Å². The van der Waals surface area contributed by atoms with Crippen molar-refractivity contribution in [2.45, 2.75) is 6.29 Å². The predicted octanol–water partition coefficient (Wildman–Crippen LogP) is -1.75. The zero-order valence-corrected chi connectivity index (χ0v) is 7.91. The van der Waals surface area contributed by atoms with Crippen LogP contribution in [-0.2, 0) is 9.47 Å². The van der Waals surface area contributed by atoms with Crippen molar-refractivity contribution in [2.24, 2.45) is 0 Å². The second kappa shape index (κ2) is 3.88. The van der Waals surface area contributed by atoms with Gasteiger partial charge in [-0.1, -0.05) is 12.1 Å². The van der Waals surface area contributed by atoms with E-state index in [2.05, 4.69) is 4.98 Å². The highest BCUT2D eigenvalue weighted by molar-refractivity contribution is 6.70. The van der Waals surface area contributed by atoms with Crippen LogP contribution in [-0.4, -0.2) is 40.0 Å². The van der Waals surface area contributed by atoms with Gasteiger partial charge in [0, 0.05) is 0 Å². The van der Waals surface area contributed by atoms with Crippen molar-refractivity contribution in [3.63, 3.8) is 0 Å². The zero-order valence-electron chi connectivity index (χ0n) is 7.91. The van der Waals surface area contributed by atoms with Gasteiger partial charge in [-0.3, -0.25) is 4.98 Å². The van der Waals surface area contributed by atoms with Gasteiger partial charge >= 0.3 is 6.75 Å². The monoisotopic (exact) mass is 212 g/mol. The van der Waals surface area contributed by atoms with Gasteiger partial charge in [-0.25, -0.2) is 0 Å². The molecular formula is C8H11BNO5-. The second-order valence-corrected chi connectivity index (χ2v) is 3.29. The summed E-state index contributed by atoms with van der Waals surface area (Å²) in [6, 6.07) is 4.49. The zero-order chi connectivity index (χ0) is 10.9. The highest BCUT2D eigenvalue weighted by Gasteiger charge is 2.24. The summed E-state index contributed by atoms with van der Waals surface area (Å²) in [6.45, 7) is -2.61. The molecule has 82 valence electrons. The molecular weight excluding hydrogens is 201 g/mol. The third-order valence-electron chi connectivity index (χ3n) is 2.05. The third kappa shape index (κ3) is 2.33. The molecule has 6 nitrogen and oxygen atoms in total. The first kappa shape index (κ1) is 10.5. The molecule has 0 aliphatic carbocycles. The highest BCUT2D eigenvalue weighted by Crippen LogP contribution is 2.20. The molecule has 1 aliphatic heterocycles. The number of pyridine rings is 1. The summed E-state index contributed by atoms with van der Waals surface area (Å²) in [5.74, 6) is 0. The van der Waals surface area contributed by atoms with E-state index in [1.54, 1.807) is 12.1 Å². The Bertz CT molecular complexity index is 347. The molecule has 0 amide bonds. The van der Waals surface area contributed by atoms with E-state index in [0.29, 0.717) is 18.9 Å². The van der Waals surface area contributed by atoms with Crippen molar-refractivity contribution in [1.82, 2.24) is 4.98 Å². The van der Waals surface area contributed by atoms with Gasteiger partial charge in [-0.05, 0) is 11.7 Å². The summed E-state index contributed by atoms with van der Waals surface area (Å²) in [4.78, 5) is 3.85. The largest absolute Gasteiger partial charge is 0.555 e. The smallest absolute Gasteiger partial charge is 0.420 e. The van der Waals surface area contributed by atoms with Gasteiger partial charge in [0.05, 0.1) is 18.9 Å². The summed E-state index contributed by atoms with van der Waals surface area (Å²) in [5.41, 5.74) is 0.208. The van der Waals surface area contributed by atoms with E-state index in [9.17, 15) is 0 Å². The first-order chi connectivity index (χ1) is 7.07. The Balaban J connectivity index is 2.26. The van der Waals surface area contributed by atoms with Gasteiger partial charge in [-0.15, -0.1) is 0 Å². The minimum Gasteiger partial charge on any atom is -0.555 e. The standard InChI is InChI=1S/C8H11BNO5/c11-9(12,13)7-3-1-2-6(10-7)8-14-4-5-15-8/h1-3,8,11-13H,4-5H2/q-1.